The third kappa shape index (κ3) is 5.96. The maximum absolute atomic E-state index is 12.7. The predicted octanol–water partition coefficient (Wildman–Crippen LogP) is 4.48. The minimum Gasteiger partial charge on any atom is -0.480 e. The number of benzene rings is 3. The first-order valence-corrected chi connectivity index (χ1v) is 13.2. The van der Waals surface area contributed by atoms with Crippen LogP contribution in [0, 0.1) is 5.92 Å². The van der Waals surface area contributed by atoms with Crippen LogP contribution in [0.2, 0.25) is 0 Å². The number of ether oxygens (including phenoxy) is 2. The second-order valence-corrected chi connectivity index (χ2v) is 10.2. The van der Waals surface area contributed by atoms with E-state index in [1.807, 2.05) is 54.6 Å². The minimum atomic E-state index is -1.17. The zero-order chi connectivity index (χ0) is 27.4. The molecule has 2 aliphatic carbocycles. The van der Waals surface area contributed by atoms with Gasteiger partial charge in [0.25, 0.3) is 0 Å². The number of hydrogen-bond donors (Lipinski definition) is 3. The highest BCUT2D eigenvalue weighted by Crippen LogP contribution is 2.44. The summed E-state index contributed by atoms with van der Waals surface area (Å²) in [7, 11) is 0. The van der Waals surface area contributed by atoms with Crippen LogP contribution in [0.1, 0.15) is 42.4 Å². The van der Waals surface area contributed by atoms with Gasteiger partial charge in [0.1, 0.15) is 6.61 Å². The van der Waals surface area contributed by atoms with E-state index < -0.39 is 24.2 Å². The van der Waals surface area contributed by atoms with Gasteiger partial charge in [-0.25, -0.2) is 9.59 Å². The van der Waals surface area contributed by atoms with Crippen molar-refractivity contribution in [2.45, 2.75) is 50.5 Å². The summed E-state index contributed by atoms with van der Waals surface area (Å²) < 4.78 is 11.3. The van der Waals surface area contributed by atoms with E-state index in [0.29, 0.717) is 12.8 Å². The van der Waals surface area contributed by atoms with E-state index in [1.54, 1.807) is 6.92 Å². The molecule has 0 saturated heterocycles. The molecule has 2 unspecified atom stereocenters. The second-order valence-electron chi connectivity index (χ2n) is 10.2. The second kappa shape index (κ2) is 11.7. The fourth-order valence-electron chi connectivity index (χ4n) is 5.31. The Kier molecular flexibility index (Phi) is 7.93. The highest BCUT2D eigenvalue weighted by Gasteiger charge is 2.38. The van der Waals surface area contributed by atoms with Gasteiger partial charge in [0.15, 0.2) is 6.04 Å². The van der Waals surface area contributed by atoms with Crippen molar-refractivity contribution in [1.29, 1.82) is 0 Å². The van der Waals surface area contributed by atoms with E-state index in [2.05, 4.69) is 34.9 Å². The van der Waals surface area contributed by atoms with Gasteiger partial charge in [0.2, 0.25) is 5.91 Å². The smallest absolute Gasteiger partial charge is 0.407 e. The molecule has 3 N–H and O–H groups in total. The molecule has 2 amide bonds. The van der Waals surface area contributed by atoms with Crippen LogP contribution in [-0.4, -0.2) is 47.9 Å². The molecule has 0 aliphatic heterocycles. The van der Waals surface area contributed by atoms with Gasteiger partial charge in [-0.3, -0.25) is 4.79 Å². The lowest BCUT2D eigenvalue weighted by Gasteiger charge is -2.35. The van der Waals surface area contributed by atoms with Crippen LogP contribution in [0.3, 0.4) is 0 Å². The van der Waals surface area contributed by atoms with Crippen LogP contribution in [-0.2, 0) is 25.7 Å². The Morgan fingerprint density at radius 1 is 0.897 bits per heavy atom. The van der Waals surface area contributed by atoms with E-state index in [4.69, 9.17) is 9.47 Å². The summed E-state index contributed by atoms with van der Waals surface area (Å²) in [6.07, 6.45) is -0.406. The Morgan fingerprint density at radius 2 is 1.49 bits per heavy atom. The molecule has 0 aromatic heterocycles. The molecule has 3 aromatic carbocycles. The number of amides is 2. The molecule has 5 rings (SSSR count). The molecule has 8 nitrogen and oxygen atoms in total. The Labute approximate surface area is 227 Å². The largest absolute Gasteiger partial charge is 0.480 e. The van der Waals surface area contributed by atoms with Gasteiger partial charge >= 0.3 is 12.1 Å². The lowest BCUT2D eigenvalue weighted by molar-refractivity contribution is -0.147. The molecule has 2 atom stereocenters. The predicted molar refractivity (Wildman–Crippen MR) is 145 cm³/mol. The highest BCUT2D eigenvalue weighted by atomic mass is 16.5. The van der Waals surface area contributed by atoms with Crippen LogP contribution >= 0.6 is 0 Å². The van der Waals surface area contributed by atoms with E-state index in [0.717, 1.165) is 27.8 Å². The average Bonchev–Trinajstić information content (AvgIpc) is 3.25. The standard InChI is InChI=1S/C31H32N2O6/c1-19(38-17-20-9-3-2-4-10-20)28(30(35)36)33-29(34)21-15-22(16-21)32-31(37)39-18-27-25-13-7-5-11-23(25)24-12-6-8-14-26(24)27/h2-14,19,21-22,27-28H,15-18H2,1H3,(H,32,37)(H,33,34)(H,35,36). The molecular weight excluding hydrogens is 496 g/mol. The van der Waals surface area contributed by atoms with Crippen LogP contribution < -0.4 is 10.6 Å². The molecule has 1 saturated carbocycles. The average molecular weight is 529 g/mol. The number of carboxylic acids is 1. The lowest BCUT2D eigenvalue weighted by atomic mass is 9.79. The first-order valence-electron chi connectivity index (χ1n) is 13.2. The van der Waals surface area contributed by atoms with Gasteiger partial charge in [-0.2, -0.15) is 0 Å². The third-order valence-electron chi connectivity index (χ3n) is 7.56. The zero-order valence-corrected chi connectivity index (χ0v) is 21.7. The molecular formula is C31H32N2O6. The summed E-state index contributed by atoms with van der Waals surface area (Å²) in [6.45, 7) is 2.10. The molecule has 8 heteroatoms. The number of hydrogen-bond acceptors (Lipinski definition) is 5. The topological polar surface area (TPSA) is 114 Å². The first-order chi connectivity index (χ1) is 18.9. The molecule has 202 valence electrons. The minimum absolute atomic E-state index is 0.0258. The third-order valence-corrected chi connectivity index (χ3v) is 7.56. The fourth-order valence-corrected chi connectivity index (χ4v) is 5.31. The van der Waals surface area contributed by atoms with Gasteiger partial charge in [-0.15, -0.1) is 0 Å². The molecule has 0 radical (unpaired) electrons. The van der Waals surface area contributed by atoms with Crippen molar-refractivity contribution in [3.63, 3.8) is 0 Å². The van der Waals surface area contributed by atoms with E-state index in [-0.39, 0.29) is 37.0 Å². The normalized spacial score (nSPS) is 19.1. The van der Waals surface area contributed by atoms with Crippen molar-refractivity contribution in [3.8, 4) is 11.1 Å². The van der Waals surface area contributed by atoms with E-state index in [9.17, 15) is 19.5 Å². The Hall–Kier alpha value is -4.17. The van der Waals surface area contributed by atoms with Crippen molar-refractivity contribution < 1.29 is 29.0 Å². The summed E-state index contributed by atoms with van der Waals surface area (Å²) in [4.78, 5) is 37.0. The lowest BCUT2D eigenvalue weighted by Crippen LogP contribution is -2.55. The molecule has 39 heavy (non-hydrogen) atoms. The van der Waals surface area contributed by atoms with Crippen LogP contribution in [0.25, 0.3) is 11.1 Å². The van der Waals surface area contributed by atoms with Gasteiger partial charge < -0.3 is 25.2 Å². The molecule has 0 heterocycles. The molecule has 1 fully saturated rings. The van der Waals surface area contributed by atoms with Gasteiger partial charge in [-0.1, -0.05) is 78.9 Å². The fraction of sp³-hybridized carbons (Fsp3) is 0.323. The first kappa shape index (κ1) is 26.4. The number of aliphatic carboxylic acids is 1. The number of alkyl carbamates (subject to hydrolysis) is 1. The van der Waals surface area contributed by atoms with E-state index in [1.165, 1.54) is 0 Å². The molecule has 3 aromatic rings. The molecule has 0 spiro atoms. The number of carboxylic acid groups (broad SMARTS) is 1. The summed E-state index contributed by atoms with van der Waals surface area (Å²) in [5, 5.41) is 15.1. The van der Waals surface area contributed by atoms with Crippen molar-refractivity contribution in [2.24, 2.45) is 5.92 Å². The summed E-state index contributed by atoms with van der Waals surface area (Å²) in [5.41, 5.74) is 5.52. The van der Waals surface area contributed by atoms with Crippen LogP contribution in [0.4, 0.5) is 4.79 Å². The van der Waals surface area contributed by atoms with Crippen molar-refractivity contribution in [1.82, 2.24) is 10.6 Å². The summed E-state index contributed by atoms with van der Waals surface area (Å²) in [6, 6.07) is 24.3. The highest BCUT2D eigenvalue weighted by molar-refractivity contribution is 5.86. The Balaban J connectivity index is 1.07. The molecule has 2 aliphatic rings. The van der Waals surface area contributed by atoms with Gasteiger partial charge in [0, 0.05) is 17.9 Å². The van der Waals surface area contributed by atoms with Gasteiger partial charge in [-0.05, 0) is 47.6 Å². The summed E-state index contributed by atoms with van der Waals surface area (Å²) >= 11 is 0. The van der Waals surface area contributed by atoms with Crippen LogP contribution in [0.5, 0.6) is 0 Å². The Morgan fingerprint density at radius 3 is 2.10 bits per heavy atom. The number of rotatable bonds is 10. The van der Waals surface area contributed by atoms with Crippen molar-refractivity contribution in [2.75, 3.05) is 6.61 Å². The quantitative estimate of drug-likeness (QED) is 0.358. The monoisotopic (exact) mass is 528 g/mol. The Bertz CT molecular complexity index is 1290. The molecule has 0 bridgehead atoms. The van der Waals surface area contributed by atoms with Crippen LogP contribution in [0.15, 0.2) is 78.9 Å². The SMILES string of the molecule is CC(OCc1ccccc1)C(NC(=O)C1CC(NC(=O)OCC2c3ccccc3-c3ccccc32)C1)C(=O)O. The van der Waals surface area contributed by atoms with Crippen molar-refractivity contribution in [3.05, 3.63) is 95.6 Å². The summed E-state index contributed by atoms with van der Waals surface area (Å²) in [5.74, 6) is -1.92. The van der Waals surface area contributed by atoms with E-state index >= 15 is 0 Å². The zero-order valence-electron chi connectivity index (χ0n) is 21.7. The maximum atomic E-state index is 12.7. The van der Waals surface area contributed by atoms with Crippen molar-refractivity contribution >= 4 is 18.0 Å². The number of carbonyl (C=O) groups excluding carboxylic acids is 2. The number of fused-ring (bicyclic) bond motifs is 3. The van der Waals surface area contributed by atoms with Gasteiger partial charge in [0.05, 0.1) is 12.7 Å². The maximum Gasteiger partial charge on any atom is 0.407 e. The number of nitrogens with one attached hydrogen (secondary N) is 2. The number of carbonyl (C=O) groups is 3.